The van der Waals surface area contributed by atoms with Crippen LogP contribution < -0.4 is 10.1 Å². The van der Waals surface area contributed by atoms with Crippen molar-refractivity contribution in [3.63, 3.8) is 0 Å². The smallest absolute Gasteiger partial charge is 0.266 e. The van der Waals surface area contributed by atoms with E-state index in [0.29, 0.717) is 16.6 Å². The maximum atomic E-state index is 12.7. The van der Waals surface area contributed by atoms with E-state index in [4.69, 9.17) is 16.3 Å². The van der Waals surface area contributed by atoms with Crippen molar-refractivity contribution in [2.24, 2.45) is 7.05 Å². The maximum Gasteiger partial charge on any atom is 0.266 e. The van der Waals surface area contributed by atoms with E-state index in [-0.39, 0.29) is 5.91 Å². The lowest BCUT2D eigenvalue weighted by Crippen LogP contribution is -2.31. The van der Waals surface area contributed by atoms with Crippen LogP contribution in [0.15, 0.2) is 53.0 Å². The highest BCUT2D eigenvalue weighted by Gasteiger charge is 2.21. The summed E-state index contributed by atoms with van der Waals surface area (Å²) < 4.78 is 8.36. The molecule has 1 aromatic heterocycles. The molecule has 1 N–H and O–H groups in total. The normalized spacial score (nSPS) is 11.9. The summed E-state index contributed by atoms with van der Waals surface area (Å²) in [7, 11) is 1.80. The largest absolute Gasteiger partial charge is 0.481 e. The van der Waals surface area contributed by atoms with Crippen molar-refractivity contribution in [1.29, 1.82) is 0 Å². The lowest BCUT2D eigenvalue weighted by atomic mass is 10.1. The van der Waals surface area contributed by atoms with Crippen molar-refractivity contribution in [3.05, 3.63) is 63.7 Å². The summed E-state index contributed by atoms with van der Waals surface area (Å²) >= 11 is 9.41. The third kappa shape index (κ3) is 4.51. The lowest BCUT2D eigenvalue weighted by molar-refractivity contribution is -0.122. The number of carbonyl (C=O) groups excluding carboxylic acids is 1. The van der Waals surface area contributed by atoms with Crippen molar-refractivity contribution in [2.45, 2.75) is 20.0 Å². The van der Waals surface area contributed by atoms with Crippen LogP contribution in [-0.4, -0.2) is 21.8 Å². The molecule has 0 saturated carbocycles. The number of nitrogens with one attached hydrogen (secondary N) is 1. The van der Waals surface area contributed by atoms with Gasteiger partial charge < -0.3 is 10.1 Å². The first-order valence-corrected chi connectivity index (χ1v) is 9.55. The van der Waals surface area contributed by atoms with Crippen molar-refractivity contribution >= 4 is 39.3 Å². The average Bonchev–Trinajstić information content (AvgIpc) is 2.89. The van der Waals surface area contributed by atoms with Gasteiger partial charge in [-0.05, 0) is 49.7 Å². The van der Waals surface area contributed by atoms with Gasteiger partial charge in [0.05, 0.1) is 5.69 Å². The molecule has 0 aliphatic heterocycles. The summed E-state index contributed by atoms with van der Waals surface area (Å²) in [5, 5.41) is 7.94. The van der Waals surface area contributed by atoms with Crippen LogP contribution in [0.5, 0.6) is 5.75 Å². The summed E-state index contributed by atoms with van der Waals surface area (Å²) in [5.41, 5.74) is 2.69. The first-order valence-electron chi connectivity index (χ1n) is 8.38. The molecule has 0 saturated heterocycles. The monoisotopic (exact) mass is 447 g/mol. The molecule has 3 rings (SSSR count). The molecule has 1 heterocycles. The molecule has 0 fully saturated rings. The molecule has 7 heteroatoms. The predicted octanol–water partition coefficient (Wildman–Crippen LogP) is 5.22. The number of benzene rings is 2. The fourth-order valence-electron chi connectivity index (χ4n) is 2.78. The molecule has 1 unspecified atom stereocenters. The van der Waals surface area contributed by atoms with E-state index in [1.54, 1.807) is 42.9 Å². The number of ether oxygens (including phenoxy) is 1. The minimum absolute atomic E-state index is 0.267. The number of nitrogens with zero attached hydrogens (tertiary/aromatic N) is 2. The SMILES string of the molecule is Cc1nn(C)c(NC(=O)C(C)Oc2cccc(Cl)c2)c1-c1ccc(Br)cc1. The number of aromatic nitrogens is 2. The summed E-state index contributed by atoms with van der Waals surface area (Å²) in [4.78, 5) is 12.7. The third-order valence-electron chi connectivity index (χ3n) is 4.07. The molecule has 0 bridgehead atoms. The molecule has 0 aliphatic carbocycles. The molecular weight excluding hydrogens is 430 g/mol. The van der Waals surface area contributed by atoms with Crippen molar-refractivity contribution < 1.29 is 9.53 Å². The Balaban J connectivity index is 1.82. The van der Waals surface area contributed by atoms with Gasteiger partial charge in [0, 0.05) is 22.1 Å². The van der Waals surface area contributed by atoms with Crippen LogP contribution in [0.1, 0.15) is 12.6 Å². The lowest BCUT2D eigenvalue weighted by Gasteiger charge is -2.16. The number of carbonyl (C=O) groups is 1. The highest BCUT2D eigenvalue weighted by atomic mass is 79.9. The Morgan fingerprint density at radius 2 is 1.96 bits per heavy atom. The highest BCUT2D eigenvalue weighted by molar-refractivity contribution is 9.10. The zero-order chi connectivity index (χ0) is 19.6. The van der Waals surface area contributed by atoms with Crippen molar-refractivity contribution in [3.8, 4) is 16.9 Å². The van der Waals surface area contributed by atoms with E-state index in [0.717, 1.165) is 21.3 Å². The van der Waals surface area contributed by atoms with E-state index in [1.807, 2.05) is 31.2 Å². The molecule has 1 atom stereocenters. The average molecular weight is 449 g/mol. The number of amides is 1. The molecule has 1 amide bonds. The summed E-state index contributed by atoms with van der Waals surface area (Å²) in [6.45, 7) is 3.61. The Morgan fingerprint density at radius 3 is 2.63 bits per heavy atom. The van der Waals surface area contributed by atoms with Crippen LogP contribution in [-0.2, 0) is 11.8 Å². The molecule has 0 aliphatic rings. The molecule has 2 aromatic carbocycles. The van der Waals surface area contributed by atoms with Gasteiger partial charge in [-0.15, -0.1) is 0 Å². The van der Waals surface area contributed by atoms with Gasteiger partial charge in [-0.25, -0.2) is 0 Å². The van der Waals surface area contributed by atoms with Gasteiger partial charge >= 0.3 is 0 Å². The highest BCUT2D eigenvalue weighted by Crippen LogP contribution is 2.32. The summed E-state index contributed by atoms with van der Waals surface area (Å²) in [6, 6.07) is 14.8. The zero-order valence-electron chi connectivity index (χ0n) is 15.2. The van der Waals surface area contributed by atoms with Crippen LogP contribution >= 0.6 is 27.5 Å². The van der Waals surface area contributed by atoms with Gasteiger partial charge in [0.25, 0.3) is 5.91 Å². The van der Waals surface area contributed by atoms with E-state index < -0.39 is 6.10 Å². The van der Waals surface area contributed by atoms with Gasteiger partial charge in [0.15, 0.2) is 6.10 Å². The van der Waals surface area contributed by atoms with Gasteiger partial charge in [-0.2, -0.15) is 5.10 Å². The molecular formula is C20H19BrClN3O2. The maximum absolute atomic E-state index is 12.7. The van der Waals surface area contributed by atoms with Crippen LogP contribution in [0.2, 0.25) is 5.02 Å². The molecule has 5 nitrogen and oxygen atoms in total. The Labute approximate surface area is 171 Å². The van der Waals surface area contributed by atoms with E-state index in [1.165, 1.54) is 0 Å². The molecule has 0 radical (unpaired) electrons. The zero-order valence-corrected chi connectivity index (χ0v) is 17.5. The summed E-state index contributed by atoms with van der Waals surface area (Å²) in [6.07, 6.45) is -0.698. The minimum Gasteiger partial charge on any atom is -0.481 e. The van der Waals surface area contributed by atoms with Gasteiger partial charge in [-0.3, -0.25) is 9.48 Å². The Kier molecular flexibility index (Phi) is 5.87. The number of anilines is 1. The second-order valence-corrected chi connectivity index (χ2v) is 7.50. The second-order valence-electron chi connectivity index (χ2n) is 6.15. The van der Waals surface area contributed by atoms with Gasteiger partial charge in [0.1, 0.15) is 11.6 Å². The number of hydrogen-bond donors (Lipinski definition) is 1. The quantitative estimate of drug-likeness (QED) is 0.582. The van der Waals surface area contributed by atoms with Crippen molar-refractivity contribution in [2.75, 3.05) is 5.32 Å². The first kappa shape index (κ1) is 19.5. The first-order chi connectivity index (χ1) is 12.8. The molecule has 0 spiro atoms. The minimum atomic E-state index is -0.698. The van der Waals surface area contributed by atoms with Gasteiger partial charge in [0.2, 0.25) is 0 Å². The fourth-order valence-corrected chi connectivity index (χ4v) is 3.22. The number of aryl methyl sites for hydroxylation is 2. The van der Waals surface area contributed by atoms with E-state index in [2.05, 4.69) is 26.3 Å². The number of halogens is 2. The van der Waals surface area contributed by atoms with Crippen LogP contribution in [0.25, 0.3) is 11.1 Å². The summed E-state index contributed by atoms with van der Waals surface area (Å²) in [5.74, 6) is 0.900. The number of rotatable bonds is 5. The Bertz CT molecular complexity index is 970. The topological polar surface area (TPSA) is 56.2 Å². The van der Waals surface area contributed by atoms with Gasteiger partial charge in [-0.1, -0.05) is 45.7 Å². The van der Waals surface area contributed by atoms with E-state index in [9.17, 15) is 4.79 Å². The molecule has 140 valence electrons. The van der Waals surface area contributed by atoms with Crippen LogP contribution in [0.4, 0.5) is 5.82 Å². The van der Waals surface area contributed by atoms with Crippen molar-refractivity contribution in [1.82, 2.24) is 9.78 Å². The van der Waals surface area contributed by atoms with Crippen LogP contribution in [0, 0.1) is 6.92 Å². The Morgan fingerprint density at radius 1 is 1.26 bits per heavy atom. The Hall–Kier alpha value is -2.31. The van der Waals surface area contributed by atoms with E-state index >= 15 is 0 Å². The fraction of sp³-hybridized carbons (Fsp3) is 0.200. The third-order valence-corrected chi connectivity index (χ3v) is 4.84. The van der Waals surface area contributed by atoms with Crippen LogP contribution in [0.3, 0.4) is 0 Å². The standard InChI is InChI=1S/C20H19BrClN3O2/c1-12-18(14-7-9-15(21)10-8-14)19(25(3)24-12)23-20(26)13(2)27-17-6-4-5-16(22)11-17/h4-11,13H,1-3H3,(H,23,26). The second kappa shape index (κ2) is 8.15. The molecule has 3 aromatic rings. The molecule has 27 heavy (non-hydrogen) atoms. The number of hydrogen-bond acceptors (Lipinski definition) is 3. The predicted molar refractivity (Wildman–Crippen MR) is 111 cm³/mol.